The Balaban J connectivity index is 1.09. The normalized spacial score (nSPS) is 13.4. The van der Waals surface area contributed by atoms with E-state index in [9.17, 15) is 0 Å². The topological polar surface area (TPSA) is 0 Å². The summed E-state index contributed by atoms with van der Waals surface area (Å²) in [5.74, 6) is 0. The number of benzene rings is 9. The molecule has 0 radical (unpaired) electrons. The predicted molar refractivity (Wildman–Crippen MR) is 241 cm³/mol. The second kappa shape index (κ2) is 11.5. The van der Waals surface area contributed by atoms with Gasteiger partial charge in [-0.2, -0.15) is 0 Å². The molecule has 0 N–H and O–H groups in total. The second-order valence-corrected chi connectivity index (χ2v) is 17.7. The molecule has 0 aliphatic heterocycles. The van der Waals surface area contributed by atoms with Gasteiger partial charge in [0.15, 0.2) is 0 Å². The molecule has 1 aliphatic rings. The van der Waals surface area contributed by atoms with Crippen molar-refractivity contribution >= 4 is 84.6 Å². The van der Waals surface area contributed by atoms with Crippen LogP contribution in [0.15, 0.2) is 170 Å². The first-order valence-electron chi connectivity index (χ1n) is 19.1. The van der Waals surface area contributed by atoms with E-state index in [4.69, 9.17) is 0 Å². The number of hydrogen-bond donors (Lipinski definition) is 0. The van der Waals surface area contributed by atoms with E-state index in [0.717, 1.165) is 0 Å². The van der Waals surface area contributed by atoms with Crippen molar-refractivity contribution in [2.24, 2.45) is 0 Å². The lowest BCUT2D eigenvalue weighted by Crippen LogP contribution is -2.15. The van der Waals surface area contributed by atoms with Crippen LogP contribution >= 0.6 is 22.7 Å². The van der Waals surface area contributed by atoms with Gasteiger partial charge in [-0.3, -0.25) is 0 Å². The zero-order valence-electron chi connectivity index (χ0n) is 30.5. The van der Waals surface area contributed by atoms with Crippen LogP contribution in [0.5, 0.6) is 0 Å². The quantitative estimate of drug-likeness (QED) is 0.159. The van der Waals surface area contributed by atoms with Gasteiger partial charge in [-0.05, 0) is 102 Å². The van der Waals surface area contributed by atoms with Crippen LogP contribution in [-0.4, -0.2) is 0 Å². The highest BCUT2D eigenvalue weighted by molar-refractivity contribution is 7.29. The zero-order valence-corrected chi connectivity index (χ0v) is 32.1. The van der Waals surface area contributed by atoms with Crippen LogP contribution in [0.3, 0.4) is 0 Å². The molecule has 0 saturated carbocycles. The van der Waals surface area contributed by atoms with Gasteiger partial charge in [-0.1, -0.05) is 153 Å². The number of fused-ring (bicyclic) bond motifs is 11. The molecule has 2 heterocycles. The molecule has 11 aromatic rings. The summed E-state index contributed by atoms with van der Waals surface area (Å²) in [6.45, 7) is 4.82. The third kappa shape index (κ3) is 4.38. The van der Waals surface area contributed by atoms with Gasteiger partial charge in [0.05, 0.1) is 0 Å². The van der Waals surface area contributed by atoms with E-state index in [0.29, 0.717) is 0 Å². The van der Waals surface area contributed by atoms with Crippen LogP contribution in [0, 0.1) is 0 Å². The molecule has 2 aromatic heterocycles. The summed E-state index contributed by atoms with van der Waals surface area (Å²) in [4.78, 5) is 0. The van der Waals surface area contributed by atoms with Crippen molar-refractivity contribution in [1.29, 1.82) is 0 Å². The molecule has 55 heavy (non-hydrogen) atoms. The molecule has 0 amide bonds. The molecule has 0 atom stereocenters. The van der Waals surface area contributed by atoms with E-state index in [1.807, 2.05) is 22.7 Å². The monoisotopic (exact) mass is 734 g/mol. The lowest BCUT2D eigenvalue weighted by Gasteiger charge is -2.23. The Morgan fingerprint density at radius 1 is 0.327 bits per heavy atom. The first-order chi connectivity index (χ1) is 27.0. The van der Waals surface area contributed by atoms with Gasteiger partial charge in [0.2, 0.25) is 0 Å². The molecule has 0 spiro atoms. The van der Waals surface area contributed by atoms with Crippen LogP contribution in [-0.2, 0) is 5.41 Å². The largest absolute Gasteiger partial charge is 0.134 e. The standard InChI is InChI=1S/C53H34S2/c1-53(2)44-27-25-32(50-51-42(35-16-10-12-22-46(35)54-51)30-43-36-17-11-13-23-47(36)55-52(43)50)28-41(44)34-26-24-33(29-45(34)53)49-39-20-8-6-18-37(39)48(31-14-4-3-5-15-31)38-19-7-9-21-40(38)49/h3-30H,1-2H3. The number of rotatable bonds is 3. The third-order valence-corrected chi connectivity index (χ3v) is 14.7. The Hall–Kier alpha value is -6.06. The van der Waals surface area contributed by atoms with Crippen molar-refractivity contribution in [3.05, 3.63) is 181 Å². The molecule has 0 unspecified atom stereocenters. The van der Waals surface area contributed by atoms with Gasteiger partial charge in [-0.25, -0.2) is 0 Å². The van der Waals surface area contributed by atoms with Gasteiger partial charge in [-0.15, -0.1) is 22.7 Å². The average Bonchev–Trinajstić information content (AvgIpc) is 3.86. The third-order valence-electron chi connectivity index (χ3n) is 12.3. The summed E-state index contributed by atoms with van der Waals surface area (Å²) in [6, 6.07) is 63.7. The van der Waals surface area contributed by atoms with E-state index in [2.05, 4.69) is 184 Å². The van der Waals surface area contributed by atoms with Crippen molar-refractivity contribution in [2.45, 2.75) is 19.3 Å². The summed E-state index contributed by atoms with van der Waals surface area (Å²) >= 11 is 3.87. The van der Waals surface area contributed by atoms with E-state index >= 15 is 0 Å². The minimum absolute atomic E-state index is 0.147. The highest BCUT2D eigenvalue weighted by Crippen LogP contribution is 2.54. The molecular formula is C53H34S2. The van der Waals surface area contributed by atoms with Crippen LogP contribution < -0.4 is 0 Å². The highest BCUT2D eigenvalue weighted by atomic mass is 32.1. The minimum Gasteiger partial charge on any atom is -0.134 e. The first kappa shape index (κ1) is 31.3. The van der Waals surface area contributed by atoms with Gasteiger partial charge in [0.1, 0.15) is 0 Å². The van der Waals surface area contributed by atoms with Gasteiger partial charge in [0, 0.05) is 51.3 Å². The maximum absolute atomic E-state index is 2.50. The average molecular weight is 735 g/mol. The molecule has 9 aromatic carbocycles. The predicted octanol–water partition coefficient (Wildman–Crippen LogP) is 16.0. The lowest BCUT2D eigenvalue weighted by atomic mass is 9.80. The van der Waals surface area contributed by atoms with Gasteiger partial charge < -0.3 is 0 Å². The molecule has 12 rings (SSSR count). The van der Waals surface area contributed by atoms with Crippen LogP contribution in [0.4, 0.5) is 0 Å². The highest BCUT2D eigenvalue weighted by Gasteiger charge is 2.36. The maximum atomic E-state index is 2.50. The Morgan fingerprint density at radius 3 is 1.38 bits per heavy atom. The molecule has 2 heteroatoms. The van der Waals surface area contributed by atoms with Crippen molar-refractivity contribution in [3.63, 3.8) is 0 Å². The summed E-state index contributed by atoms with van der Waals surface area (Å²) in [6.07, 6.45) is 0. The summed E-state index contributed by atoms with van der Waals surface area (Å²) in [5.41, 5.74) is 13.1. The second-order valence-electron chi connectivity index (χ2n) is 15.6. The summed E-state index contributed by atoms with van der Waals surface area (Å²) < 4.78 is 5.45. The van der Waals surface area contributed by atoms with Crippen molar-refractivity contribution in [1.82, 2.24) is 0 Å². The molecule has 0 bridgehead atoms. The van der Waals surface area contributed by atoms with E-state index < -0.39 is 0 Å². The summed E-state index contributed by atoms with van der Waals surface area (Å²) in [5, 5.41) is 10.6. The fourth-order valence-corrected chi connectivity index (χ4v) is 12.3. The maximum Gasteiger partial charge on any atom is 0.0448 e. The molecule has 1 aliphatic carbocycles. The van der Waals surface area contributed by atoms with E-state index in [1.54, 1.807) is 0 Å². The SMILES string of the molecule is CC1(C)c2ccc(-c3c4sc5ccccc5c4cc4c3sc3ccccc34)cc2-c2ccc(-c3c4ccccc4c(-c4ccccc4)c4ccccc34)cc21. The van der Waals surface area contributed by atoms with Crippen LogP contribution in [0.1, 0.15) is 25.0 Å². The van der Waals surface area contributed by atoms with Crippen molar-refractivity contribution in [3.8, 4) is 44.5 Å². The minimum atomic E-state index is -0.147. The van der Waals surface area contributed by atoms with Gasteiger partial charge >= 0.3 is 0 Å². The molecular weight excluding hydrogens is 701 g/mol. The molecule has 0 nitrogen and oxygen atoms in total. The fourth-order valence-electron chi connectivity index (χ4n) is 9.72. The molecule has 0 saturated heterocycles. The lowest BCUT2D eigenvalue weighted by molar-refractivity contribution is 0.660. The van der Waals surface area contributed by atoms with Crippen LogP contribution in [0.2, 0.25) is 0 Å². The van der Waals surface area contributed by atoms with Crippen molar-refractivity contribution < 1.29 is 0 Å². The first-order valence-corrected chi connectivity index (χ1v) is 20.7. The zero-order chi connectivity index (χ0) is 36.4. The van der Waals surface area contributed by atoms with Gasteiger partial charge in [0.25, 0.3) is 0 Å². The number of hydrogen-bond acceptors (Lipinski definition) is 2. The Kier molecular flexibility index (Phi) is 6.53. The Morgan fingerprint density at radius 2 is 0.800 bits per heavy atom. The Bertz CT molecular complexity index is 3250. The fraction of sp³-hybridized carbons (Fsp3) is 0.0566. The molecule has 0 fully saturated rings. The van der Waals surface area contributed by atoms with Crippen molar-refractivity contribution in [2.75, 3.05) is 0 Å². The summed E-state index contributed by atoms with van der Waals surface area (Å²) in [7, 11) is 0. The smallest absolute Gasteiger partial charge is 0.0448 e. The van der Waals surface area contributed by atoms with E-state index in [1.165, 1.54) is 118 Å². The van der Waals surface area contributed by atoms with Crippen LogP contribution in [0.25, 0.3) is 106 Å². The number of thiophene rings is 2. The Labute approximate surface area is 327 Å². The molecule has 258 valence electrons. The van der Waals surface area contributed by atoms with E-state index in [-0.39, 0.29) is 5.41 Å².